The lowest BCUT2D eigenvalue weighted by molar-refractivity contribution is -0.128. The van der Waals surface area contributed by atoms with Crippen molar-refractivity contribution >= 4 is 15.8 Å². The van der Waals surface area contributed by atoms with Gasteiger partial charge in [-0.05, 0) is 24.2 Å². The van der Waals surface area contributed by atoms with E-state index in [1.54, 1.807) is 0 Å². The topological polar surface area (TPSA) is 63.2 Å². The zero-order valence-electron chi connectivity index (χ0n) is 10.8. The molecular weight excluding hydrogens is 250 g/mol. The summed E-state index contributed by atoms with van der Waals surface area (Å²) in [5.41, 5.74) is -0.937. The Balaban J connectivity index is 2.27. The number of carbonyl (C=O) groups is 1. The number of ketones is 1. The van der Waals surface area contributed by atoms with Crippen molar-refractivity contribution in [3.05, 3.63) is 0 Å². The first kappa shape index (κ1) is 13.6. The summed E-state index contributed by atoms with van der Waals surface area (Å²) in [6.07, 6.45) is 7.21. The molecule has 0 heterocycles. The SMILES string of the molecule is C#CCNS(=O)(=O)C[C@]12CCC(CC1=O)C2(C)C. The lowest BCUT2D eigenvalue weighted by Gasteiger charge is -2.36. The Bertz CT molecular complexity index is 515. The second-order valence-electron chi connectivity index (χ2n) is 5.95. The summed E-state index contributed by atoms with van der Waals surface area (Å²) in [5.74, 6) is 2.56. The molecule has 2 bridgehead atoms. The highest BCUT2D eigenvalue weighted by Gasteiger charge is 2.65. The van der Waals surface area contributed by atoms with Gasteiger partial charge in [0.1, 0.15) is 5.78 Å². The molecule has 0 saturated heterocycles. The molecule has 2 saturated carbocycles. The molecule has 5 heteroatoms. The van der Waals surface area contributed by atoms with Crippen LogP contribution in [0.4, 0.5) is 0 Å². The maximum atomic E-state index is 12.2. The van der Waals surface area contributed by atoms with Gasteiger partial charge >= 0.3 is 0 Å². The van der Waals surface area contributed by atoms with Crippen LogP contribution in [0, 0.1) is 29.1 Å². The fraction of sp³-hybridized carbons (Fsp3) is 0.769. The monoisotopic (exact) mass is 269 g/mol. The van der Waals surface area contributed by atoms with Gasteiger partial charge in [-0.3, -0.25) is 4.79 Å². The summed E-state index contributed by atoms with van der Waals surface area (Å²) in [6.45, 7) is 4.02. The summed E-state index contributed by atoms with van der Waals surface area (Å²) >= 11 is 0. The molecule has 4 nitrogen and oxygen atoms in total. The Morgan fingerprint density at radius 3 is 2.61 bits per heavy atom. The smallest absolute Gasteiger partial charge is 0.213 e. The minimum Gasteiger partial charge on any atom is -0.299 e. The average molecular weight is 269 g/mol. The van der Waals surface area contributed by atoms with Crippen LogP contribution in [0.2, 0.25) is 0 Å². The van der Waals surface area contributed by atoms with Crippen molar-refractivity contribution in [1.29, 1.82) is 0 Å². The van der Waals surface area contributed by atoms with E-state index in [0.29, 0.717) is 18.8 Å². The van der Waals surface area contributed by atoms with E-state index in [9.17, 15) is 13.2 Å². The van der Waals surface area contributed by atoms with Crippen LogP contribution >= 0.6 is 0 Å². The van der Waals surface area contributed by atoms with Gasteiger partial charge in [-0.25, -0.2) is 13.1 Å². The summed E-state index contributed by atoms with van der Waals surface area (Å²) in [5, 5.41) is 0. The molecule has 0 aromatic heterocycles. The molecule has 1 unspecified atom stereocenters. The van der Waals surface area contributed by atoms with Gasteiger partial charge in [0.15, 0.2) is 0 Å². The van der Waals surface area contributed by atoms with Crippen molar-refractivity contribution in [3.63, 3.8) is 0 Å². The van der Waals surface area contributed by atoms with E-state index >= 15 is 0 Å². The fourth-order valence-electron chi connectivity index (χ4n) is 3.64. The standard InChI is InChI=1S/C13H19NO3S/c1-4-7-14-18(16,17)9-13-6-5-10(8-11(13)15)12(13,2)3/h1,10,14H,5-9H2,2-3H3/t10?,13-/m1/s1. The molecule has 18 heavy (non-hydrogen) atoms. The molecular formula is C13H19NO3S. The van der Waals surface area contributed by atoms with Crippen LogP contribution in [0.25, 0.3) is 0 Å². The quantitative estimate of drug-likeness (QED) is 0.772. The van der Waals surface area contributed by atoms with Crippen LogP contribution in [0.5, 0.6) is 0 Å². The minimum atomic E-state index is -3.49. The van der Waals surface area contributed by atoms with E-state index in [-0.39, 0.29) is 23.5 Å². The number of hydrogen-bond donors (Lipinski definition) is 1. The molecule has 2 rings (SSSR count). The predicted molar refractivity (Wildman–Crippen MR) is 69.2 cm³/mol. The summed E-state index contributed by atoms with van der Waals surface area (Å²) in [7, 11) is -3.49. The number of Topliss-reactive ketones (excluding diaryl/α,β-unsaturated/α-hetero) is 1. The minimum absolute atomic E-state index is 0.0174. The number of rotatable bonds is 4. The maximum absolute atomic E-state index is 12.2. The van der Waals surface area contributed by atoms with Gasteiger partial charge in [-0.15, -0.1) is 6.42 Å². The maximum Gasteiger partial charge on any atom is 0.213 e. The molecule has 0 radical (unpaired) electrons. The summed E-state index contributed by atoms with van der Waals surface area (Å²) < 4.78 is 26.4. The Morgan fingerprint density at radius 1 is 1.50 bits per heavy atom. The highest BCUT2D eigenvalue weighted by Crippen LogP contribution is 2.64. The Hall–Kier alpha value is -0.860. The average Bonchev–Trinajstić information content (AvgIpc) is 2.59. The van der Waals surface area contributed by atoms with Crippen LogP contribution in [-0.2, 0) is 14.8 Å². The van der Waals surface area contributed by atoms with E-state index in [4.69, 9.17) is 6.42 Å². The van der Waals surface area contributed by atoms with Gasteiger partial charge in [0.25, 0.3) is 0 Å². The van der Waals surface area contributed by atoms with Gasteiger partial charge in [-0.1, -0.05) is 19.8 Å². The third-order valence-electron chi connectivity index (χ3n) is 4.97. The number of fused-ring (bicyclic) bond motifs is 2. The van der Waals surface area contributed by atoms with Crippen LogP contribution < -0.4 is 4.72 Å². The summed E-state index contributed by atoms with van der Waals surface area (Å²) in [4.78, 5) is 12.2. The number of terminal acetylenes is 1. The van der Waals surface area contributed by atoms with Gasteiger partial charge in [0.2, 0.25) is 10.0 Å². The molecule has 100 valence electrons. The fourth-order valence-corrected chi connectivity index (χ4v) is 5.37. The third kappa shape index (κ3) is 1.79. The van der Waals surface area contributed by atoms with Crippen LogP contribution in [0.15, 0.2) is 0 Å². The number of carbonyl (C=O) groups excluding carboxylic acids is 1. The van der Waals surface area contributed by atoms with E-state index in [0.717, 1.165) is 6.42 Å². The Kier molecular flexibility index (Phi) is 3.07. The van der Waals surface area contributed by atoms with Gasteiger partial charge in [0, 0.05) is 11.8 Å². The van der Waals surface area contributed by atoms with Gasteiger partial charge in [0.05, 0.1) is 12.3 Å². The second kappa shape index (κ2) is 4.07. The Labute approximate surface area is 109 Å². The van der Waals surface area contributed by atoms with Crippen molar-refractivity contribution in [3.8, 4) is 12.3 Å². The van der Waals surface area contributed by atoms with Crippen LogP contribution in [0.3, 0.4) is 0 Å². The number of hydrogen-bond acceptors (Lipinski definition) is 3. The molecule has 2 aliphatic rings. The van der Waals surface area contributed by atoms with E-state index in [2.05, 4.69) is 10.6 Å². The molecule has 1 N–H and O–H groups in total. The first-order valence-corrected chi connectivity index (χ1v) is 7.84. The lowest BCUT2D eigenvalue weighted by Crippen LogP contribution is -2.45. The van der Waals surface area contributed by atoms with Crippen molar-refractivity contribution in [2.45, 2.75) is 33.1 Å². The van der Waals surface area contributed by atoms with Crippen molar-refractivity contribution in [1.82, 2.24) is 4.72 Å². The molecule has 0 spiro atoms. The zero-order chi connectivity index (χ0) is 13.6. The highest BCUT2D eigenvalue weighted by molar-refractivity contribution is 7.89. The predicted octanol–water partition coefficient (Wildman–Crippen LogP) is 0.934. The first-order chi connectivity index (χ1) is 8.25. The van der Waals surface area contributed by atoms with Crippen molar-refractivity contribution in [2.75, 3.05) is 12.3 Å². The van der Waals surface area contributed by atoms with Gasteiger partial charge < -0.3 is 0 Å². The van der Waals surface area contributed by atoms with E-state index in [1.165, 1.54) is 0 Å². The Morgan fingerprint density at radius 2 is 2.17 bits per heavy atom. The van der Waals surface area contributed by atoms with Crippen LogP contribution in [-0.4, -0.2) is 26.5 Å². The third-order valence-corrected chi connectivity index (χ3v) is 6.43. The number of nitrogens with one attached hydrogen (secondary N) is 1. The number of sulfonamides is 1. The second-order valence-corrected chi connectivity index (χ2v) is 7.76. The van der Waals surface area contributed by atoms with Gasteiger partial charge in [-0.2, -0.15) is 0 Å². The van der Waals surface area contributed by atoms with Crippen molar-refractivity contribution in [2.24, 2.45) is 16.7 Å². The molecule has 0 amide bonds. The lowest BCUT2D eigenvalue weighted by atomic mass is 9.70. The molecule has 0 aromatic carbocycles. The molecule has 2 fully saturated rings. The van der Waals surface area contributed by atoms with Crippen molar-refractivity contribution < 1.29 is 13.2 Å². The van der Waals surface area contributed by atoms with Crippen LogP contribution in [0.1, 0.15) is 33.1 Å². The highest BCUT2D eigenvalue weighted by atomic mass is 32.2. The van der Waals surface area contributed by atoms with E-state index < -0.39 is 15.4 Å². The molecule has 2 atom stereocenters. The van der Waals surface area contributed by atoms with E-state index in [1.807, 2.05) is 13.8 Å². The normalized spacial score (nSPS) is 33.6. The zero-order valence-corrected chi connectivity index (χ0v) is 11.6. The largest absolute Gasteiger partial charge is 0.299 e. The summed E-state index contributed by atoms with van der Waals surface area (Å²) in [6, 6.07) is 0. The molecule has 0 aliphatic heterocycles. The molecule has 2 aliphatic carbocycles. The first-order valence-electron chi connectivity index (χ1n) is 6.19. The molecule has 0 aromatic rings.